The Hall–Kier alpha value is -0.250. The highest BCUT2D eigenvalue weighted by Crippen LogP contribution is 2.30. The molecule has 0 spiro atoms. The van der Waals surface area contributed by atoms with E-state index in [1.807, 2.05) is 11.8 Å². The highest BCUT2D eigenvalue weighted by Gasteiger charge is 2.17. The molecule has 0 amide bonds. The van der Waals surface area contributed by atoms with Crippen LogP contribution in [-0.2, 0) is 6.42 Å². The Morgan fingerprint density at radius 2 is 2.11 bits per heavy atom. The van der Waals surface area contributed by atoms with Crippen LogP contribution < -0.4 is 5.73 Å². The van der Waals surface area contributed by atoms with Gasteiger partial charge in [-0.1, -0.05) is 24.4 Å². The van der Waals surface area contributed by atoms with Crippen LogP contribution in [-0.4, -0.2) is 17.0 Å². The van der Waals surface area contributed by atoms with Crippen LogP contribution in [0.2, 0.25) is 5.02 Å². The molecule has 1 unspecified atom stereocenters. The summed E-state index contributed by atoms with van der Waals surface area (Å²) in [6, 6.07) is 4.66. The maximum absolute atomic E-state index is 13.6. The van der Waals surface area contributed by atoms with Gasteiger partial charge >= 0.3 is 0 Å². The predicted molar refractivity (Wildman–Crippen MR) is 77.8 cm³/mol. The van der Waals surface area contributed by atoms with Gasteiger partial charge in [-0.25, -0.2) is 4.39 Å². The largest absolute Gasteiger partial charge is 0.327 e. The molecule has 1 atom stereocenters. The van der Waals surface area contributed by atoms with Crippen molar-refractivity contribution in [1.82, 2.24) is 0 Å². The zero-order valence-electron chi connectivity index (χ0n) is 10.4. The fraction of sp³-hybridized carbons (Fsp3) is 0.571. The topological polar surface area (TPSA) is 26.0 Å². The van der Waals surface area contributed by atoms with Gasteiger partial charge in [-0.2, -0.15) is 11.8 Å². The van der Waals surface area contributed by atoms with E-state index in [1.54, 1.807) is 12.1 Å². The average molecular weight is 288 g/mol. The van der Waals surface area contributed by atoms with Crippen molar-refractivity contribution in [3.63, 3.8) is 0 Å². The Bertz CT molecular complexity index is 393. The molecule has 100 valence electrons. The first kappa shape index (κ1) is 14.2. The van der Waals surface area contributed by atoms with Crippen molar-refractivity contribution in [2.45, 2.75) is 43.4 Å². The summed E-state index contributed by atoms with van der Waals surface area (Å²) in [5.41, 5.74) is 6.70. The summed E-state index contributed by atoms with van der Waals surface area (Å²) in [4.78, 5) is 0. The Morgan fingerprint density at radius 1 is 1.39 bits per heavy atom. The third-order valence-corrected chi connectivity index (χ3v) is 5.14. The minimum absolute atomic E-state index is 0.00330. The van der Waals surface area contributed by atoms with Crippen LogP contribution in [0.25, 0.3) is 0 Å². The lowest BCUT2D eigenvalue weighted by Crippen LogP contribution is -2.27. The molecule has 0 bridgehead atoms. The quantitative estimate of drug-likeness (QED) is 0.885. The predicted octanol–water partition coefficient (Wildman–Crippen LogP) is 4.02. The van der Waals surface area contributed by atoms with Crippen LogP contribution in [0.1, 0.15) is 31.2 Å². The molecular formula is C14H19ClFNS. The van der Waals surface area contributed by atoms with Crippen LogP contribution in [0, 0.1) is 5.82 Å². The number of nitrogens with two attached hydrogens (primary N) is 1. The van der Waals surface area contributed by atoms with Crippen LogP contribution in [0.3, 0.4) is 0 Å². The SMILES string of the molecule is NC(CSC1CCCC1)Cc1cc(Cl)ccc1F. The molecule has 1 aliphatic rings. The number of halogens is 2. The Kier molecular flexibility index (Phi) is 5.34. The van der Waals surface area contributed by atoms with Gasteiger partial charge in [0.25, 0.3) is 0 Å². The van der Waals surface area contributed by atoms with E-state index in [9.17, 15) is 4.39 Å². The second-order valence-corrected chi connectivity index (χ2v) is 6.71. The third-order valence-electron chi connectivity index (χ3n) is 3.34. The fourth-order valence-electron chi connectivity index (χ4n) is 2.36. The van der Waals surface area contributed by atoms with Gasteiger partial charge in [0, 0.05) is 22.1 Å². The standard InChI is InChI=1S/C14H19ClFNS/c15-11-5-6-14(16)10(7-11)8-12(17)9-18-13-3-1-2-4-13/h5-7,12-13H,1-4,8-9,17H2. The molecule has 2 rings (SSSR count). The molecule has 1 nitrogen and oxygen atoms in total. The summed E-state index contributed by atoms with van der Waals surface area (Å²) in [6.45, 7) is 0. The van der Waals surface area contributed by atoms with Crippen molar-refractivity contribution in [3.8, 4) is 0 Å². The molecule has 4 heteroatoms. The van der Waals surface area contributed by atoms with Gasteiger partial charge in [-0.3, -0.25) is 0 Å². The molecule has 1 aliphatic carbocycles. The van der Waals surface area contributed by atoms with E-state index >= 15 is 0 Å². The van der Waals surface area contributed by atoms with Crippen LogP contribution in [0.4, 0.5) is 4.39 Å². The van der Waals surface area contributed by atoms with Crippen molar-refractivity contribution in [2.75, 3.05) is 5.75 Å². The maximum Gasteiger partial charge on any atom is 0.126 e. The molecule has 0 aliphatic heterocycles. The third kappa shape index (κ3) is 4.15. The number of thioether (sulfide) groups is 1. The van der Waals surface area contributed by atoms with Gasteiger partial charge in [-0.05, 0) is 43.0 Å². The van der Waals surface area contributed by atoms with Crippen molar-refractivity contribution >= 4 is 23.4 Å². The van der Waals surface area contributed by atoms with Crippen molar-refractivity contribution in [3.05, 3.63) is 34.6 Å². The van der Waals surface area contributed by atoms with Gasteiger partial charge in [0.15, 0.2) is 0 Å². The average Bonchev–Trinajstić information content (AvgIpc) is 2.84. The van der Waals surface area contributed by atoms with Crippen LogP contribution in [0.5, 0.6) is 0 Å². The second kappa shape index (κ2) is 6.78. The number of benzene rings is 1. The zero-order chi connectivity index (χ0) is 13.0. The lowest BCUT2D eigenvalue weighted by atomic mass is 10.1. The molecular weight excluding hydrogens is 269 g/mol. The van der Waals surface area contributed by atoms with Gasteiger partial charge in [0.1, 0.15) is 5.82 Å². The van der Waals surface area contributed by atoms with Gasteiger partial charge in [0.2, 0.25) is 0 Å². The summed E-state index contributed by atoms with van der Waals surface area (Å²) in [6.07, 6.45) is 5.86. The summed E-state index contributed by atoms with van der Waals surface area (Å²) in [5.74, 6) is 0.692. The fourth-order valence-corrected chi connectivity index (χ4v) is 3.85. The monoisotopic (exact) mass is 287 g/mol. The first-order valence-electron chi connectivity index (χ1n) is 6.46. The molecule has 0 radical (unpaired) electrons. The first-order chi connectivity index (χ1) is 8.65. The molecule has 2 N–H and O–H groups in total. The van der Waals surface area contributed by atoms with E-state index in [0.717, 1.165) is 11.0 Å². The van der Waals surface area contributed by atoms with Gasteiger partial charge < -0.3 is 5.73 Å². The Labute approximate surface area is 117 Å². The summed E-state index contributed by atoms with van der Waals surface area (Å²) in [5, 5.41) is 1.34. The van der Waals surface area contributed by atoms with E-state index < -0.39 is 0 Å². The van der Waals surface area contributed by atoms with E-state index in [4.69, 9.17) is 17.3 Å². The zero-order valence-corrected chi connectivity index (χ0v) is 11.9. The lowest BCUT2D eigenvalue weighted by Gasteiger charge is -2.15. The highest BCUT2D eigenvalue weighted by molar-refractivity contribution is 7.99. The van der Waals surface area contributed by atoms with Gasteiger partial charge in [-0.15, -0.1) is 0 Å². The highest BCUT2D eigenvalue weighted by atomic mass is 35.5. The van der Waals surface area contributed by atoms with Crippen LogP contribution >= 0.6 is 23.4 Å². The normalized spacial score (nSPS) is 18.2. The molecule has 1 aromatic rings. The van der Waals surface area contributed by atoms with E-state index in [1.165, 1.54) is 31.7 Å². The second-order valence-electron chi connectivity index (χ2n) is 4.94. The van der Waals surface area contributed by atoms with E-state index in [-0.39, 0.29) is 11.9 Å². The molecule has 0 heterocycles. The van der Waals surface area contributed by atoms with Crippen LogP contribution in [0.15, 0.2) is 18.2 Å². The smallest absolute Gasteiger partial charge is 0.126 e. The summed E-state index contributed by atoms with van der Waals surface area (Å²) < 4.78 is 13.6. The maximum atomic E-state index is 13.6. The minimum Gasteiger partial charge on any atom is -0.327 e. The Balaban J connectivity index is 1.82. The van der Waals surface area contributed by atoms with Crippen molar-refractivity contribution < 1.29 is 4.39 Å². The molecule has 0 saturated heterocycles. The number of hydrogen-bond donors (Lipinski definition) is 1. The van der Waals surface area contributed by atoms with Crippen molar-refractivity contribution in [1.29, 1.82) is 0 Å². The molecule has 1 aromatic carbocycles. The number of rotatable bonds is 5. The van der Waals surface area contributed by atoms with E-state index in [0.29, 0.717) is 17.0 Å². The van der Waals surface area contributed by atoms with E-state index in [2.05, 4.69) is 0 Å². The summed E-state index contributed by atoms with van der Waals surface area (Å²) >= 11 is 7.81. The van der Waals surface area contributed by atoms with Gasteiger partial charge in [0.05, 0.1) is 0 Å². The molecule has 1 saturated carbocycles. The lowest BCUT2D eigenvalue weighted by molar-refractivity contribution is 0.597. The van der Waals surface area contributed by atoms with Crippen molar-refractivity contribution in [2.24, 2.45) is 5.73 Å². The minimum atomic E-state index is -0.208. The first-order valence-corrected chi connectivity index (χ1v) is 7.89. The molecule has 18 heavy (non-hydrogen) atoms. The Morgan fingerprint density at radius 3 is 2.83 bits per heavy atom. The summed E-state index contributed by atoms with van der Waals surface area (Å²) in [7, 11) is 0. The molecule has 0 aromatic heterocycles. The molecule has 1 fully saturated rings. The number of hydrogen-bond acceptors (Lipinski definition) is 2.